The van der Waals surface area contributed by atoms with Gasteiger partial charge in [0, 0.05) is 15.6 Å². The van der Waals surface area contributed by atoms with Crippen LogP contribution in [0.2, 0.25) is 5.02 Å². The van der Waals surface area contributed by atoms with Crippen LogP contribution in [0.5, 0.6) is 0 Å². The van der Waals surface area contributed by atoms with Gasteiger partial charge in [-0.2, -0.15) is 0 Å². The standard InChI is InChI=1S/C21H17ClN2O3S3/c1-28-17-4-2-3-16(11-17)23-30(26,27)18-9-10-19-20(12-18)29-21(25)24(19)13-14-5-7-15(22)8-6-14/h2-12,23H,13H2,1H3. The number of nitrogens with zero attached hydrogens (tertiary/aromatic N) is 1. The molecule has 5 nitrogen and oxygen atoms in total. The number of nitrogens with one attached hydrogen (secondary N) is 1. The van der Waals surface area contributed by atoms with Crippen molar-refractivity contribution in [1.82, 2.24) is 4.57 Å². The lowest BCUT2D eigenvalue weighted by atomic mass is 10.2. The van der Waals surface area contributed by atoms with Crippen LogP contribution in [-0.4, -0.2) is 19.2 Å². The van der Waals surface area contributed by atoms with E-state index in [0.29, 0.717) is 27.5 Å². The number of thiazole rings is 1. The van der Waals surface area contributed by atoms with Gasteiger partial charge in [0.25, 0.3) is 10.0 Å². The molecule has 0 bridgehead atoms. The molecule has 0 saturated carbocycles. The maximum absolute atomic E-state index is 12.8. The van der Waals surface area contributed by atoms with Crippen LogP contribution in [0.4, 0.5) is 5.69 Å². The van der Waals surface area contributed by atoms with E-state index < -0.39 is 10.0 Å². The summed E-state index contributed by atoms with van der Waals surface area (Å²) in [6, 6.07) is 19.2. The van der Waals surface area contributed by atoms with E-state index in [1.54, 1.807) is 47.0 Å². The summed E-state index contributed by atoms with van der Waals surface area (Å²) >= 11 is 8.49. The van der Waals surface area contributed by atoms with E-state index in [1.807, 2.05) is 24.5 Å². The molecule has 0 unspecified atom stereocenters. The lowest BCUT2D eigenvalue weighted by molar-refractivity contribution is 0.601. The molecule has 0 aliphatic carbocycles. The molecule has 0 spiro atoms. The zero-order chi connectivity index (χ0) is 21.3. The third kappa shape index (κ3) is 4.41. The fraction of sp³-hybridized carbons (Fsp3) is 0.0952. The average Bonchev–Trinajstić information content (AvgIpc) is 3.04. The number of aromatic nitrogens is 1. The number of fused-ring (bicyclic) bond motifs is 1. The van der Waals surface area contributed by atoms with Crippen LogP contribution >= 0.6 is 34.7 Å². The van der Waals surface area contributed by atoms with E-state index in [2.05, 4.69) is 4.72 Å². The summed E-state index contributed by atoms with van der Waals surface area (Å²) in [6.07, 6.45) is 1.93. The molecule has 0 fully saturated rings. The maximum Gasteiger partial charge on any atom is 0.308 e. The Morgan fingerprint density at radius 1 is 1.07 bits per heavy atom. The maximum atomic E-state index is 12.8. The van der Waals surface area contributed by atoms with Crippen LogP contribution in [0.15, 0.2) is 81.3 Å². The van der Waals surface area contributed by atoms with Crippen molar-refractivity contribution in [2.24, 2.45) is 0 Å². The SMILES string of the molecule is CSc1cccc(NS(=O)(=O)c2ccc3c(c2)sc(=O)n3Cc2ccc(Cl)cc2)c1. The minimum atomic E-state index is -3.78. The summed E-state index contributed by atoms with van der Waals surface area (Å²) in [6.45, 7) is 0.391. The van der Waals surface area contributed by atoms with Crippen LogP contribution in [0.1, 0.15) is 5.56 Å². The molecule has 3 aromatic carbocycles. The fourth-order valence-electron chi connectivity index (χ4n) is 3.04. The number of sulfonamides is 1. The molecule has 0 amide bonds. The predicted molar refractivity (Wildman–Crippen MR) is 126 cm³/mol. The molecule has 4 rings (SSSR count). The second-order valence-electron chi connectivity index (χ2n) is 6.55. The van der Waals surface area contributed by atoms with E-state index in [9.17, 15) is 13.2 Å². The monoisotopic (exact) mass is 476 g/mol. The highest BCUT2D eigenvalue weighted by Crippen LogP contribution is 2.26. The number of hydrogen-bond donors (Lipinski definition) is 1. The van der Waals surface area contributed by atoms with Crippen molar-refractivity contribution in [3.05, 3.63) is 87.0 Å². The van der Waals surface area contributed by atoms with Crippen LogP contribution in [-0.2, 0) is 16.6 Å². The summed E-state index contributed by atoms with van der Waals surface area (Å²) in [5, 5.41) is 0.631. The van der Waals surface area contributed by atoms with E-state index >= 15 is 0 Å². The number of thioether (sulfide) groups is 1. The van der Waals surface area contributed by atoms with Crippen LogP contribution in [0.25, 0.3) is 10.2 Å². The molecule has 0 saturated heterocycles. The Labute approximate surface area is 187 Å². The Balaban J connectivity index is 1.66. The van der Waals surface area contributed by atoms with E-state index in [0.717, 1.165) is 21.8 Å². The van der Waals surface area contributed by atoms with Crippen molar-refractivity contribution in [3.63, 3.8) is 0 Å². The summed E-state index contributed by atoms with van der Waals surface area (Å²) in [7, 11) is -3.78. The molecule has 4 aromatic rings. The van der Waals surface area contributed by atoms with Crippen molar-refractivity contribution in [1.29, 1.82) is 0 Å². The Morgan fingerprint density at radius 2 is 1.83 bits per heavy atom. The molecule has 1 aromatic heterocycles. The molecular weight excluding hydrogens is 460 g/mol. The molecule has 0 radical (unpaired) electrons. The van der Waals surface area contributed by atoms with Gasteiger partial charge in [-0.3, -0.25) is 14.1 Å². The first kappa shape index (κ1) is 21.0. The second kappa shape index (κ2) is 8.47. The number of hydrogen-bond acceptors (Lipinski definition) is 5. The van der Waals surface area contributed by atoms with Crippen molar-refractivity contribution < 1.29 is 8.42 Å². The van der Waals surface area contributed by atoms with E-state index in [1.165, 1.54) is 17.8 Å². The minimum absolute atomic E-state index is 0.115. The minimum Gasteiger partial charge on any atom is -0.294 e. The van der Waals surface area contributed by atoms with Crippen molar-refractivity contribution in [3.8, 4) is 0 Å². The summed E-state index contributed by atoms with van der Waals surface area (Å²) < 4.78 is 30.6. The summed E-state index contributed by atoms with van der Waals surface area (Å²) in [5.74, 6) is 0. The van der Waals surface area contributed by atoms with Gasteiger partial charge < -0.3 is 0 Å². The van der Waals surface area contributed by atoms with Gasteiger partial charge in [0.2, 0.25) is 0 Å². The molecule has 30 heavy (non-hydrogen) atoms. The van der Waals surface area contributed by atoms with Crippen molar-refractivity contribution in [2.45, 2.75) is 16.3 Å². The molecule has 1 N–H and O–H groups in total. The first-order valence-corrected chi connectivity index (χ1v) is 12.8. The predicted octanol–water partition coefficient (Wildman–Crippen LogP) is 5.29. The number of anilines is 1. The number of benzene rings is 3. The topological polar surface area (TPSA) is 68.2 Å². The zero-order valence-electron chi connectivity index (χ0n) is 15.8. The number of halogens is 1. The molecule has 0 aliphatic heterocycles. The van der Waals surface area contributed by atoms with Gasteiger partial charge in [-0.05, 0) is 60.4 Å². The Bertz CT molecular complexity index is 1380. The molecule has 9 heteroatoms. The first-order valence-electron chi connectivity index (χ1n) is 8.90. The summed E-state index contributed by atoms with van der Waals surface area (Å²) in [5.41, 5.74) is 2.13. The van der Waals surface area contributed by atoms with E-state index in [4.69, 9.17) is 11.6 Å². The van der Waals surface area contributed by atoms with Crippen LogP contribution in [0.3, 0.4) is 0 Å². The molecule has 154 valence electrons. The fourth-order valence-corrected chi connectivity index (χ4v) is 5.70. The quantitative estimate of drug-likeness (QED) is 0.384. The second-order valence-corrected chi connectivity index (χ2v) is 10.5. The van der Waals surface area contributed by atoms with Crippen LogP contribution < -0.4 is 9.60 Å². The Kier molecular flexibility index (Phi) is 5.92. The molecular formula is C21H17ClN2O3S3. The van der Waals surface area contributed by atoms with Gasteiger partial charge in [-0.1, -0.05) is 41.1 Å². The lowest BCUT2D eigenvalue weighted by Crippen LogP contribution is -2.14. The van der Waals surface area contributed by atoms with Crippen molar-refractivity contribution >= 4 is 60.6 Å². The molecule has 0 atom stereocenters. The van der Waals surface area contributed by atoms with Gasteiger partial charge in [-0.25, -0.2) is 8.42 Å². The smallest absolute Gasteiger partial charge is 0.294 e. The average molecular weight is 477 g/mol. The largest absolute Gasteiger partial charge is 0.308 e. The third-order valence-corrected chi connectivity index (χ3v) is 7.82. The van der Waals surface area contributed by atoms with Gasteiger partial charge >= 0.3 is 4.87 Å². The Hall–Kier alpha value is -2.26. The van der Waals surface area contributed by atoms with E-state index in [-0.39, 0.29) is 9.77 Å². The zero-order valence-corrected chi connectivity index (χ0v) is 19.0. The first-order chi connectivity index (χ1) is 14.4. The van der Waals surface area contributed by atoms with Gasteiger partial charge in [0.05, 0.1) is 21.7 Å². The highest BCUT2D eigenvalue weighted by Gasteiger charge is 2.17. The van der Waals surface area contributed by atoms with Gasteiger partial charge in [0.15, 0.2) is 0 Å². The molecule has 1 heterocycles. The van der Waals surface area contributed by atoms with Crippen LogP contribution in [0, 0.1) is 0 Å². The third-order valence-electron chi connectivity index (χ3n) is 4.53. The summed E-state index contributed by atoms with van der Waals surface area (Å²) in [4.78, 5) is 13.5. The number of rotatable bonds is 6. The normalized spacial score (nSPS) is 11.7. The lowest BCUT2D eigenvalue weighted by Gasteiger charge is -2.10. The molecule has 0 aliphatic rings. The highest BCUT2D eigenvalue weighted by molar-refractivity contribution is 7.98. The van der Waals surface area contributed by atoms with Gasteiger partial charge in [0.1, 0.15) is 0 Å². The Morgan fingerprint density at radius 3 is 2.57 bits per heavy atom. The highest BCUT2D eigenvalue weighted by atomic mass is 35.5. The van der Waals surface area contributed by atoms with Gasteiger partial charge in [-0.15, -0.1) is 11.8 Å². The van der Waals surface area contributed by atoms with Crippen molar-refractivity contribution in [2.75, 3.05) is 11.0 Å².